The van der Waals surface area contributed by atoms with Crippen molar-refractivity contribution in [1.29, 1.82) is 5.26 Å². The molecule has 0 radical (unpaired) electrons. The van der Waals surface area contributed by atoms with Gasteiger partial charge in [-0.3, -0.25) is 0 Å². The Morgan fingerprint density at radius 3 is 3.10 bits per heavy atom. The molecule has 1 N–H and O–H groups in total. The van der Waals surface area contributed by atoms with Crippen molar-refractivity contribution in [2.75, 3.05) is 18.5 Å². The van der Waals surface area contributed by atoms with Gasteiger partial charge in [-0.15, -0.1) is 0 Å². The van der Waals surface area contributed by atoms with Crippen molar-refractivity contribution in [3.05, 3.63) is 18.5 Å². The van der Waals surface area contributed by atoms with E-state index in [0.29, 0.717) is 6.54 Å². The second-order valence-corrected chi connectivity index (χ2v) is 2.08. The maximum Gasteiger partial charge on any atom is 0.105 e. The second kappa shape index (κ2) is 2.92. The highest BCUT2D eigenvalue weighted by atomic mass is 15.1. The standard InChI is InChI=1S/C7H9N3/c1-10(5-3-8)7-2-4-9-6-7/h2,4,6,9H,5H2,1H3. The third-order valence-electron chi connectivity index (χ3n) is 1.33. The molecular formula is C7H9N3. The molecule has 0 saturated heterocycles. The molecule has 1 aromatic heterocycles. The van der Waals surface area contributed by atoms with E-state index in [-0.39, 0.29) is 0 Å². The van der Waals surface area contributed by atoms with Crippen LogP contribution in [-0.4, -0.2) is 18.6 Å². The van der Waals surface area contributed by atoms with E-state index in [1.165, 1.54) is 0 Å². The van der Waals surface area contributed by atoms with Crippen molar-refractivity contribution in [2.45, 2.75) is 0 Å². The van der Waals surface area contributed by atoms with Crippen LogP contribution in [-0.2, 0) is 0 Å². The maximum atomic E-state index is 8.33. The molecular weight excluding hydrogens is 126 g/mol. The van der Waals surface area contributed by atoms with Crippen LogP contribution < -0.4 is 4.90 Å². The fourth-order valence-corrected chi connectivity index (χ4v) is 0.750. The molecule has 0 aliphatic rings. The van der Waals surface area contributed by atoms with Crippen LogP contribution in [0.4, 0.5) is 5.69 Å². The number of anilines is 1. The Kier molecular flexibility index (Phi) is 1.96. The monoisotopic (exact) mass is 135 g/mol. The predicted molar refractivity (Wildman–Crippen MR) is 39.7 cm³/mol. The molecule has 3 heteroatoms. The molecule has 1 aromatic rings. The summed E-state index contributed by atoms with van der Waals surface area (Å²) in [6, 6.07) is 4.00. The minimum Gasteiger partial charge on any atom is -0.366 e. The van der Waals surface area contributed by atoms with E-state index in [1.807, 2.05) is 30.4 Å². The summed E-state index contributed by atoms with van der Waals surface area (Å²) >= 11 is 0. The molecule has 0 amide bonds. The Bertz CT molecular complexity index is 219. The quantitative estimate of drug-likeness (QED) is 0.614. The lowest BCUT2D eigenvalue weighted by Crippen LogP contribution is -2.15. The predicted octanol–water partition coefficient (Wildman–Crippen LogP) is 0.974. The van der Waals surface area contributed by atoms with Crippen LogP contribution in [0.3, 0.4) is 0 Å². The van der Waals surface area contributed by atoms with Crippen molar-refractivity contribution < 1.29 is 0 Å². The highest BCUT2D eigenvalue weighted by Gasteiger charge is 1.96. The number of aromatic amines is 1. The summed E-state index contributed by atoms with van der Waals surface area (Å²) in [5.74, 6) is 0. The summed E-state index contributed by atoms with van der Waals surface area (Å²) in [5, 5.41) is 8.33. The molecule has 0 atom stereocenters. The average molecular weight is 135 g/mol. The number of rotatable bonds is 2. The molecule has 0 aromatic carbocycles. The summed E-state index contributed by atoms with van der Waals surface area (Å²) in [6.07, 6.45) is 3.69. The summed E-state index contributed by atoms with van der Waals surface area (Å²) in [7, 11) is 1.88. The number of nitrogens with zero attached hydrogens (tertiary/aromatic N) is 2. The van der Waals surface area contributed by atoms with E-state index < -0.39 is 0 Å². The highest BCUT2D eigenvalue weighted by Crippen LogP contribution is 2.08. The van der Waals surface area contributed by atoms with Crippen LogP contribution >= 0.6 is 0 Å². The molecule has 10 heavy (non-hydrogen) atoms. The number of H-pyrrole nitrogens is 1. The minimum absolute atomic E-state index is 0.428. The summed E-state index contributed by atoms with van der Waals surface area (Å²) in [4.78, 5) is 4.79. The number of hydrogen-bond donors (Lipinski definition) is 1. The first-order valence-corrected chi connectivity index (χ1v) is 3.05. The van der Waals surface area contributed by atoms with E-state index in [4.69, 9.17) is 5.26 Å². The Hall–Kier alpha value is -1.43. The average Bonchev–Trinajstić information content (AvgIpc) is 2.38. The number of nitrogens with one attached hydrogen (secondary N) is 1. The van der Waals surface area contributed by atoms with Gasteiger partial charge < -0.3 is 9.88 Å². The van der Waals surface area contributed by atoms with Gasteiger partial charge in [0.25, 0.3) is 0 Å². The van der Waals surface area contributed by atoms with Gasteiger partial charge in [0, 0.05) is 19.4 Å². The number of nitriles is 1. The van der Waals surface area contributed by atoms with Gasteiger partial charge in [-0.2, -0.15) is 5.26 Å². The van der Waals surface area contributed by atoms with E-state index >= 15 is 0 Å². The number of hydrogen-bond acceptors (Lipinski definition) is 2. The van der Waals surface area contributed by atoms with Crippen LogP contribution in [0.2, 0.25) is 0 Å². The first-order chi connectivity index (χ1) is 4.84. The SMILES string of the molecule is CN(CC#N)c1cc[nH]c1. The lowest BCUT2D eigenvalue weighted by molar-refractivity contribution is 1.04. The lowest BCUT2D eigenvalue weighted by atomic mass is 10.4. The fraction of sp³-hybridized carbons (Fsp3) is 0.286. The molecule has 0 saturated carbocycles. The summed E-state index contributed by atoms with van der Waals surface area (Å²) in [6.45, 7) is 0.428. The molecule has 1 heterocycles. The minimum atomic E-state index is 0.428. The maximum absolute atomic E-state index is 8.33. The van der Waals surface area contributed by atoms with E-state index in [0.717, 1.165) is 5.69 Å². The van der Waals surface area contributed by atoms with Gasteiger partial charge in [0.2, 0.25) is 0 Å². The van der Waals surface area contributed by atoms with Gasteiger partial charge in [-0.25, -0.2) is 0 Å². The largest absolute Gasteiger partial charge is 0.366 e. The van der Waals surface area contributed by atoms with E-state index in [2.05, 4.69) is 11.1 Å². The molecule has 0 aliphatic heterocycles. The zero-order valence-corrected chi connectivity index (χ0v) is 5.83. The van der Waals surface area contributed by atoms with Crippen LogP contribution in [0.15, 0.2) is 18.5 Å². The fourth-order valence-electron chi connectivity index (χ4n) is 0.750. The van der Waals surface area contributed by atoms with Crippen LogP contribution in [0, 0.1) is 11.3 Å². The lowest BCUT2D eigenvalue weighted by Gasteiger charge is -2.11. The van der Waals surface area contributed by atoms with Crippen molar-refractivity contribution >= 4 is 5.69 Å². The van der Waals surface area contributed by atoms with Crippen LogP contribution in [0.25, 0.3) is 0 Å². The zero-order chi connectivity index (χ0) is 7.40. The van der Waals surface area contributed by atoms with Crippen LogP contribution in [0.1, 0.15) is 0 Å². The van der Waals surface area contributed by atoms with Gasteiger partial charge in [-0.1, -0.05) is 0 Å². The molecule has 52 valence electrons. The zero-order valence-electron chi connectivity index (χ0n) is 5.83. The van der Waals surface area contributed by atoms with Crippen molar-refractivity contribution in [3.63, 3.8) is 0 Å². The molecule has 3 nitrogen and oxygen atoms in total. The molecule has 1 rings (SSSR count). The molecule has 0 fully saturated rings. The third-order valence-corrected chi connectivity index (χ3v) is 1.33. The van der Waals surface area contributed by atoms with E-state index in [9.17, 15) is 0 Å². The summed E-state index contributed by atoms with van der Waals surface area (Å²) in [5.41, 5.74) is 1.04. The second-order valence-electron chi connectivity index (χ2n) is 2.08. The molecule has 0 unspecified atom stereocenters. The summed E-state index contributed by atoms with van der Waals surface area (Å²) < 4.78 is 0. The Morgan fingerprint density at radius 1 is 1.80 bits per heavy atom. The third kappa shape index (κ3) is 1.29. The van der Waals surface area contributed by atoms with Gasteiger partial charge in [0.15, 0.2) is 0 Å². The Labute approximate surface area is 59.9 Å². The molecule has 0 bridgehead atoms. The molecule has 0 spiro atoms. The highest BCUT2D eigenvalue weighted by molar-refractivity contribution is 5.43. The van der Waals surface area contributed by atoms with Crippen molar-refractivity contribution in [1.82, 2.24) is 4.98 Å². The molecule has 0 aliphatic carbocycles. The first kappa shape index (κ1) is 6.69. The smallest absolute Gasteiger partial charge is 0.105 e. The first-order valence-electron chi connectivity index (χ1n) is 3.05. The van der Waals surface area contributed by atoms with Gasteiger partial charge in [0.05, 0.1) is 11.8 Å². The Balaban J connectivity index is 2.61. The Morgan fingerprint density at radius 2 is 2.60 bits per heavy atom. The van der Waals surface area contributed by atoms with E-state index in [1.54, 1.807) is 0 Å². The number of aromatic nitrogens is 1. The topological polar surface area (TPSA) is 42.8 Å². The van der Waals surface area contributed by atoms with Gasteiger partial charge in [0.1, 0.15) is 6.54 Å². The normalized spacial score (nSPS) is 8.80. The van der Waals surface area contributed by atoms with Crippen molar-refractivity contribution in [3.8, 4) is 6.07 Å². The van der Waals surface area contributed by atoms with Crippen molar-refractivity contribution in [2.24, 2.45) is 0 Å². The van der Waals surface area contributed by atoms with Gasteiger partial charge >= 0.3 is 0 Å². The van der Waals surface area contributed by atoms with Crippen LogP contribution in [0.5, 0.6) is 0 Å². The van der Waals surface area contributed by atoms with Gasteiger partial charge in [-0.05, 0) is 6.07 Å².